The second kappa shape index (κ2) is 8.56. The van der Waals surface area contributed by atoms with E-state index in [-0.39, 0.29) is 6.04 Å². The molecule has 1 saturated heterocycles. The van der Waals surface area contributed by atoms with E-state index in [1.54, 1.807) is 0 Å². The highest BCUT2D eigenvalue weighted by Gasteiger charge is 2.20. The van der Waals surface area contributed by atoms with E-state index >= 15 is 0 Å². The highest BCUT2D eigenvalue weighted by molar-refractivity contribution is 7.89. The van der Waals surface area contributed by atoms with Crippen LogP contribution in [-0.4, -0.2) is 48.7 Å². The molecule has 2 unspecified atom stereocenters. The Kier molecular flexibility index (Phi) is 6.06. The summed E-state index contributed by atoms with van der Waals surface area (Å²) in [4.78, 5) is 5.56. The van der Waals surface area contributed by atoms with E-state index in [0.29, 0.717) is 5.92 Å². The van der Waals surface area contributed by atoms with Gasteiger partial charge in [-0.1, -0.05) is 13.8 Å². The summed E-state index contributed by atoms with van der Waals surface area (Å²) in [7, 11) is 2.17. The summed E-state index contributed by atoms with van der Waals surface area (Å²) in [6, 6.07) is 12.5. The van der Waals surface area contributed by atoms with E-state index in [1.807, 2.05) is 18.2 Å². The lowest BCUT2D eigenvalue weighted by atomic mass is 10.1. The lowest BCUT2D eigenvalue weighted by Crippen LogP contribution is -2.44. The van der Waals surface area contributed by atoms with Crippen LogP contribution in [0.2, 0.25) is 0 Å². The first-order valence-electron chi connectivity index (χ1n) is 10.5. The molecule has 3 aromatic rings. The lowest BCUT2D eigenvalue weighted by Gasteiger charge is -2.34. The van der Waals surface area contributed by atoms with Crippen LogP contribution in [0.1, 0.15) is 27.2 Å². The molecule has 1 aliphatic heterocycles. The Balaban J connectivity index is 1.58. The quantitative estimate of drug-likeness (QED) is 0.608. The number of rotatable bonds is 6. The highest BCUT2D eigenvalue weighted by atomic mass is 32.2. The van der Waals surface area contributed by atoms with E-state index < -0.39 is 11.4 Å². The molecular formula is C23H31N3O2S. The summed E-state index contributed by atoms with van der Waals surface area (Å²) in [5.41, 5.74) is 2.93. The fourth-order valence-electron chi connectivity index (χ4n) is 4.13. The van der Waals surface area contributed by atoms with Crippen molar-refractivity contribution < 1.29 is 8.97 Å². The van der Waals surface area contributed by atoms with Crippen LogP contribution in [0.15, 0.2) is 45.7 Å². The second-order valence-corrected chi connectivity index (χ2v) is 9.89. The maximum absolute atomic E-state index is 12.8. The van der Waals surface area contributed by atoms with Crippen LogP contribution in [-0.2, 0) is 11.4 Å². The molecule has 0 spiro atoms. The van der Waals surface area contributed by atoms with E-state index in [9.17, 15) is 4.55 Å². The van der Waals surface area contributed by atoms with E-state index in [4.69, 9.17) is 4.42 Å². The number of hydrogen-bond donors (Lipinski definition) is 1. The molecule has 1 aromatic heterocycles. The van der Waals surface area contributed by atoms with Gasteiger partial charge < -0.3 is 18.8 Å². The van der Waals surface area contributed by atoms with Crippen molar-refractivity contribution in [1.29, 1.82) is 0 Å². The Labute approximate surface area is 176 Å². The molecule has 2 atom stereocenters. The van der Waals surface area contributed by atoms with E-state index in [0.717, 1.165) is 59.4 Å². The summed E-state index contributed by atoms with van der Waals surface area (Å²) in [6.45, 7) is 10.7. The number of nitrogens with one attached hydrogen (secondary N) is 1. The third-order valence-electron chi connectivity index (χ3n) is 5.64. The van der Waals surface area contributed by atoms with Gasteiger partial charge in [-0.25, -0.2) is 0 Å². The summed E-state index contributed by atoms with van der Waals surface area (Å²) in [5, 5.41) is 2.10. The number of nitrogens with zero attached hydrogens (tertiary/aromatic N) is 2. The van der Waals surface area contributed by atoms with Crippen LogP contribution < -0.4 is 9.62 Å². The molecule has 0 radical (unpaired) electrons. The third kappa shape index (κ3) is 4.56. The maximum atomic E-state index is 12.8. The van der Waals surface area contributed by atoms with Crippen LogP contribution in [0.3, 0.4) is 0 Å². The number of anilines is 1. The molecular weight excluding hydrogens is 382 g/mol. The summed E-state index contributed by atoms with van der Waals surface area (Å²) < 4.78 is 22.1. The topological polar surface area (TPSA) is 54.7 Å². The fourth-order valence-corrected chi connectivity index (χ4v) is 5.14. The molecule has 6 heteroatoms. The van der Waals surface area contributed by atoms with Gasteiger partial charge in [-0.05, 0) is 50.6 Å². The molecule has 2 aromatic carbocycles. The molecule has 29 heavy (non-hydrogen) atoms. The van der Waals surface area contributed by atoms with Crippen LogP contribution in [0.25, 0.3) is 21.9 Å². The standard InChI is InChI=1S/C23H31N3O2S/c1-16(2)13-17(3)24-29(27)19-6-8-22-21(15-19)20-7-5-18(14-23(20)28-22)26-11-9-25(4)10-12-26/h5-8,14-17,24H,9-13H2,1-4H3. The van der Waals surface area contributed by atoms with Gasteiger partial charge in [-0.2, -0.15) is 0 Å². The average molecular weight is 414 g/mol. The Morgan fingerprint density at radius 1 is 1.00 bits per heavy atom. The normalized spacial score (nSPS) is 18.1. The van der Waals surface area contributed by atoms with Gasteiger partial charge in [0.25, 0.3) is 0 Å². The van der Waals surface area contributed by atoms with Crippen molar-refractivity contribution in [1.82, 2.24) is 9.62 Å². The average Bonchev–Trinajstić information content (AvgIpc) is 3.04. The molecule has 0 bridgehead atoms. The second-order valence-electron chi connectivity index (χ2n) is 8.65. The zero-order chi connectivity index (χ0) is 20.5. The minimum atomic E-state index is -1.23. The zero-order valence-electron chi connectivity index (χ0n) is 17.8. The number of fused-ring (bicyclic) bond motifs is 3. The Morgan fingerprint density at radius 2 is 1.76 bits per heavy atom. The van der Waals surface area contributed by atoms with Gasteiger partial charge in [0.15, 0.2) is 4.90 Å². The van der Waals surface area contributed by atoms with Crippen LogP contribution in [0.5, 0.6) is 0 Å². The van der Waals surface area contributed by atoms with Crippen molar-refractivity contribution in [3.63, 3.8) is 0 Å². The minimum absolute atomic E-state index is 0.207. The smallest absolute Gasteiger partial charge is 0.174 e. The third-order valence-corrected chi connectivity index (χ3v) is 6.94. The maximum Gasteiger partial charge on any atom is 0.174 e. The van der Waals surface area contributed by atoms with Crippen molar-refractivity contribution in [3.05, 3.63) is 36.4 Å². The molecule has 0 amide bonds. The fraction of sp³-hybridized carbons (Fsp3) is 0.478. The molecule has 0 aliphatic carbocycles. The van der Waals surface area contributed by atoms with Gasteiger partial charge in [0.2, 0.25) is 0 Å². The molecule has 1 N–H and O–H groups in total. The Hall–Kier alpha value is -1.73. The van der Waals surface area contributed by atoms with Gasteiger partial charge in [-0.15, -0.1) is 4.72 Å². The van der Waals surface area contributed by atoms with Crippen LogP contribution in [0, 0.1) is 5.92 Å². The first kappa shape index (κ1) is 20.5. The van der Waals surface area contributed by atoms with Gasteiger partial charge in [-0.3, -0.25) is 0 Å². The first-order chi connectivity index (χ1) is 13.9. The predicted molar refractivity (Wildman–Crippen MR) is 122 cm³/mol. The molecule has 0 saturated carbocycles. The predicted octanol–water partition coefficient (Wildman–Crippen LogP) is 4.38. The van der Waals surface area contributed by atoms with E-state index in [2.05, 4.69) is 60.5 Å². The number of benzene rings is 2. The molecule has 2 heterocycles. The molecule has 4 rings (SSSR count). The number of likely N-dealkylation sites (N-methyl/N-ethyl adjacent to an activating group) is 1. The number of furan rings is 1. The van der Waals surface area contributed by atoms with Crippen LogP contribution in [0.4, 0.5) is 5.69 Å². The van der Waals surface area contributed by atoms with Crippen molar-refractivity contribution in [2.45, 2.75) is 38.1 Å². The summed E-state index contributed by atoms with van der Waals surface area (Å²) in [5.74, 6) is 0.573. The zero-order valence-corrected chi connectivity index (χ0v) is 18.6. The number of piperazine rings is 1. The monoisotopic (exact) mass is 413 g/mol. The molecule has 1 fully saturated rings. The van der Waals surface area contributed by atoms with Gasteiger partial charge in [0.1, 0.15) is 11.2 Å². The van der Waals surface area contributed by atoms with Gasteiger partial charge in [0, 0.05) is 54.8 Å². The SMILES string of the molecule is CC(C)CC(C)N[S+]([O-])c1ccc2oc3cc(N4CCN(C)CC4)ccc3c2c1. The molecule has 5 nitrogen and oxygen atoms in total. The Bertz CT molecular complexity index is 979. The van der Waals surface area contributed by atoms with Crippen molar-refractivity contribution in [3.8, 4) is 0 Å². The van der Waals surface area contributed by atoms with Crippen molar-refractivity contribution in [2.75, 3.05) is 38.1 Å². The number of hydrogen-bond acceptors (Lipinski definition) is 5. The largest absolute Gasteiger partial charge is 0.593 e. The summed E-state index contributed by atoms with van der Waals surface area (Å²) >= 11 is -1.23. The van der Waals surface area contributed by atoms with Crippen molar-refractivity contribution >= 4 is 39.0 Å². The lowest BCUT2D eigenvalue weighted by molar-refractivity contribution is 0.313. The molecule has 1 aliphatic rings. The minimum Gasteiger partial charge on any atom is -0.593 e. The summed E-state index contributed by atoms with van der Waals surface area (Å²) in [6.07, 6.45) is 0.998. The van der Waals surface area contributed by atoms with Crippen molar-refractivity contribution in [2.24, 2.45) is 5.92 Å². The highest BCUT2D eigenvalue weighted by Crippen LogP contribution is 2.33. The van der Waals surface area contributed by atoms with Gasteiger partial charge >= 0.3 is 0 Å². The molecule has 156 valence electrons. The van der Waals surface area contributed by atoms with Gasteiger partial charge in [0.05, 0.1) is 17.4 Å². The van der Waals surface area contributed by atoms with Crippen LogP contribution >= 0.6 is 0 Å². The van der Waals surface area contributed by atoms with E-state index in [1.165, 1.54) is 5.69 Å². The Morgan fingerprint density at radius 3 is 2.48 bits per heavy atom. The first-order valence-corrected chi connectivity index (χ1v) is 11.6.